The van der Waals surface area contributed by atoms with Crippen molar-refractivity contribution >= 4 is 5.97 Å². The Hall–Kier alpha value is -1.22. The molecule has 0 aromatic carbocycles. The zero-order valence-electron chi connectivity index (χ0n) is 7.48. The van der Waals surface area contributed by atoms with E-state index in [1.54, 1.807) is 0 Å². The SMILES string of the molecule is C#CCCNC(C)(C(=O)O)C(F)(F)F. The van der Waals surface area contributed by atoms with Gasteiger partial charge in [-0.3, -0.25) is 5.32 Å². The maximum atomic E-state index is 12.3. The highest BCUT2D eigenvalue weighted by Gasteiger charge is 2.56. The molecule has 0 aromatic heterocycles. The van der Waals surface area contributed by atoms with Crippen LogP contribution in [-0.4, -0.2) is 29.3 Å². The summed E-state index contributed by atoms with van der Waals surface area (Å²) in [5.41, 5.74) is -2.94. The molecule has 6 heteroatoms. The fourth-order valence-electron chi connectivity index (χ4n) is 0.682. The third-order valence-corrected chi connectivity index (χ3v) is 1.74. The second-order valence-corrected chi connectivity index (χ2v) is 2.81. The quantitative estimate of drug-likeness (QED) is 0.536. The number of aliphatic carboxylic acids is 1. The Bertz CT molecular complexity index is 256. The number of hydrogen-bond donors (Lipinski definition) is 2. The van der Waals surface area contributed by atoms with Gasteiger partial charge in [0, 0.05) is 13.0 Å². The van der Waals surface area contributed by atoms with Crippen molar-refractivity contribution in [3.05, 3.63) is 0 Å². The number of carboxylic acid groups (broad SMARTS) is 1. The molecule has 14 heavy (non-hydrogen) atoms. The number of alkyl halides is 3. The van der Waals surface area contributed by atoms with Crippen LogP contribution in [0.4, 0.5) is 13.2 Å². The van der Waals surface area contributed by atoms with E-state index in [0.29, 0.717) is 6.92 Å². The van der Waals surface area contributed by atoms with Gasteiger partial charge in [-0.2, -0.15) is 13.2 Å². The fourth-order valence-corrected chi connectivity index (χ4v) is 0.682. The van der Waals surface area contributed by atoms with Gasteiger partial charge < -0.3 is 5.11 Å². The molecule has 80 valence electrons. The molecule has 3 nitrogen and oxygen atoms in total. The molecule has 1 unspecified atom stereocenters. The maximum absolute atomic E-state index is 12.3. The summed E-state index contributed by atoms with van der Waals surface area (Å²) in [6.07, 6.45) is 0.0112. The highest BCUT2D eigenvalue weighted by atomic mass is 19.4. The third kappa shape index (κ3) is 2.64. The average Bonchev–Trinajstić information content (AvgIpc) is 2.02. The fraction of sp³-hybridized carbons (Fsp3) is 0.625. The van der Waals surface area contributed by atoms with Crippen LogP contribution in [0.2, 0.25) is 0 Å². The summed E-state index contributed by atoms with van der Waals surface area (Å²) < 4.78 is 36.9. The number of carbonyl (C=O) groups is 1. The smallest absolute Gasteiger partial charge is 0.417 e. The molecule has 0 saturated carbocycles. The van der Waals surface area contributed by atoms with Crippen molar-refractivity contribution in [1.82, 2.24) is 5.32 Å². The summed E-state index contributed by atoms with van der Waals surface area (Å²) in [4.78, 5) is 10.4. The van der Waals surface area contributed by atoms with Crippen LogP contribution in [0.15, 0.2) is 0 Å². The van der Waals surface area contributed by atoms with Gasteiger partial charge in [0.15, 0.2) is 0 Å². The van der Waals surface area contributed by atoms with Crippen LogP contribution in [0.3, 0.4) is 0 Å². The summed E-state index contributed by atoms with van der Waals surface area (Å²) in [6, 6.07) is 0. The lowest BCUT2D eigenvalue weighted by Gasteiger charge is -2.28. The molecule has 0 radical (unpaired) electrons. The number of carboxylic acids is 1. The van der Waals surface area contributed by atoms with E-state index in [1.165, 1.54) is 0 Å². The molecule has 0 fully saturated rings. The van der Waals surface area contributed by atoms with Gasteiger partial charge in [-0.05, 0) is 6.92 Å². The van der Waals surface area contributed by atoms with Gasteiger partial charge in [-0.15, -0.1) is 12.3 Å². The van der Waals surface area contributed by atoms with E-state index in [4.69, 9.17) is 11.5 Å². The van der Waals surface area contributed by atoms with Gasteiger partial charge in [0.1, 0.15) is 0 Å². The molecule has 2 N–H and O–H groups in total. The Morgan fingerprint density at radius 3 is 2.36 bits per heavy atom. The van der Waals surface area contributed by atoms with Crippen molar-refractivity contribution in [3.8, 4) is 12.3 Å². The normalized spacial score (nSPS) is 15.6. The minimum Gasteiger partial charge on any atom is -0.480 e. The largest absolute Gasteiger partial charge is 0.480 e. The number of rotatable bonds is 4. The molecule has 0 bridgehead atoms. The van der Waals surface area contributed by atoms with Crippen LogP contribution < -0.4 is 5.32 Å². The summed E-state index contributed by atoms with van der Waals surface area (Å²) in [5.74, 6) is 0.138. The predicted molar refractivity (Wildman–Crippen MR) is 43.5 cm³/mol. The number of halogens is 3. The van der Waals surface area contributed by atoms with Gasteiger partial charge in [0.05, 0.1) is 0 Å². The predicted octanol–water partition coefficient (Wildman–Crippen LogP) is 1.00. The number of nitrogens with one attached hydrogen (secondary N) is 1. The zero-order valence-corrected chi connectivity index (χ0v) is 7.48. The van der Waals surface area contributed by atoms with Crippen molar-refractivity contribution in [3.63, 3.8) is 0 Å². The molecule has 0 spiro atoms. The summed E-state index contributed by atoms with van der Waals surface area (Å²) in [6.45, 7) is 0.366. The number of terminal acetylenes is 1. The molecule has 0 aliphatic heterocycles. The molecule has 0 saturated heterocycles. The Morgan fingerprint density at radius 1 is 1.57 bits per heavy atom. The van der Waals surface area contributed by atoms with Crippen molar-refractivity contribution < 1.29 is 23.1 Å². The molecular formula is C8H10F3NO2. The van der Waals surface area contributed by atoms with E-state index in [-0.39, 0.29) is 13.0 Å². The van der Waals surface area contributed by atoms with Gasteiger partial charge >= 0.3 is 12.1 Å². The van der Waals surface area contributed by atoms with E-state index >= 15 is 0 Å². The first-order valence-corrected chi connectivity index (χ1v) is 3.74. The molecule has 0 amide bonds. The van der Waals surface area contributed by atoms with Gasteiger partial charge in [-0.25, -0.2) is 4.79 Å². The molecule has 0 aliphatic rings. The number of hydrogen-bond acceptors (Lipinski definition) is 2. The maximum Gasteiger partial charge on any atom is 0.417 e. The van der Waals surface area contributed by atoms with E-state index in [9.17, 15) is 18.0 Å². The lowest BCUT2D eigenvalue weighted by atomic mass is 10.0. The van der Waals surface area contributed by atoms with Gasteiger partial charge in [0.2, 0.25) is 5.54 Å². The van der Waals surface area contributed by atoms with E-state index in [1.807, 2.05) is 5.32 Å². The second kappa shape index (κ2) is 4.33. The van der Waals surface area contributed by atoms with Crippen molar-refractivity contribution in [2.45, 2.75) is 25.1 Å². The van der Waals surface area contributed by atoms with Crippen LogP contribution in [-0.2, 0) is 4.79 Å². The minimum absolute atomic E-state index is 0.0406. The first-order valence-electron chi connectivity index (χ1n) is 3.74. The van der Waals surface area contributed by atoms with E-state index in [0.717, 1.165) is 0 Å². The van der Waals surface area contributed by atoms with E-state index < -0.39 is 17.7 Å². The van der Waals surface area contributed by atoms with Crippen LogP contribution in [0.1, 0.15) is 13.3 Å². The monoisotopic (exact) mass is 209 g/mol. The average molecular weight is 209 g/mol. The Kier molecular flexibility index (Phi) is 3.95. The highest BCUT2D eigenvalue weighted by Crippen LogP contribution is 2.30. The van der Waals surface area contributed by atoms with Gasteiger partial charge in [-0.1, -0.05) is 0 Å². The molecule has 0 aromatic rings. The summed E-state index contributed by atoms with van der Waals surface area (Å²) in [5, 5.41) is 10.3. The van der Waals surface area contributed by atoms with Gasteiger partial charge in [0.25, 0.3) is 0 Å². The summed E-state index contributed by atoms with van der Waals surface area (Å²) in [7, 11) is 0. The lowest BCUT2D eigenvalue weighted by molar-refractivity contribution is -0.205. The molecule has 0 rings (SSSR count). The van der Waals surface area contributed by atoms with Crippen LogP contribution in [0.5, 0.6) is 0 Å². The molecule has 0 aliphatic carbocycles. The van der Waals surface area contributed by atoms with E-state index in [2.05, 4.69) is 5.92 Å². The highest BCUT2D eigenvalue weighted by molar-refractivity contribution is 5.79. The molecule has 0 heterocycles. The second-order valence-electron chi connectivity index (χ2n) is 2.81. The first-order chi connectivity index (χ1) is 6.25. The minimum atomic E-state index is -4.85. The Labute approximate surface area is 79.3 Å². The molecular weight excluding hydrogens is 199 g/mol. The van der Waals surface area contributed by atoms with Crippen molar-refractivity contribution in [2.75, 3.05) is 6.54 Å². The Morgan fingerprint density at radius 2 is 2.07 bits per heavy atom. The van der Waals surface area contributed by atoms with Crippen LogP contribution in [0.25, 0.3) is 0 Å². The topological polar surface area (TPSA) is 49.3 Å². The van der Waals surface area contributed by atoms with Crippen molar-refractivity contribution in [2.24, 2.45) is 0 Å². The third-order valence-electron chi connectivity index (χ3n) is 1.74. The lowest BCUT2D eigenvalue weighted by Crippen LogP contribution is -2.60. The standard InChI is InChI=1S/C8H10F3NO2/c1-3-4-5-12-7(2,6(13)14)8(9,10)11/h1,12H,4-5H2,2H3,(H,13,14). The molecule has 1 atom stereocenters. The Balaban J connectivity index is 4.60. The summed E-state index contributed by atoms with van der Waals surface area (Å²) >= 11 is 0. The first kappa shape index (κ1) is 12.8. The zero-order chi connectivity index (χ0) is 11.4. The van der Waals surface area contributed by atoms with Crippen molar-refractivity contribution in [1.29, 1.82) is 0 Å². The van der Waals surface area contributed by atoms with Crippen LogP contribution >= 0.6 is 0 Å². The van der Waals surface area contributed by atoms with Crippen LogP contribution in [0, 0.1) is 12.3 Å².